The molecule has 70 valence electrons. The summed E-state index contributed by atoms with van der Waals surface area (Å²) in [5.74, 6) is -1.02. The molecule has 0 saturated carbocycles. The Labute approximate surface area is 73.6 Å². The van der Waals surface area contributed by atoms with Crippen LogP contribution in [0.2, 0.25) is 0 Å². The normalized spacial score (nSPS) is 9.92. The summed E-state index contributed by atoms with van der Waals surface area (Å²) in [5, 5.41) is 8.43. The van der Waals surface area contributed by atoms with Crippen LogP contribution < -0.4 is 11.3 Å². The van der Waals surface area contributed by atoms with E-state index in [0.717, 1.165) is 10.6 Å². The Kier molecular flexibility index (Phi) is 2.32. The monoisotopic (exact) mass is 183 g/mol. The molecular formula is C7H9N3O3. The van der Waals surface area contributed by atoms with Gasteiger partial charge in [0.25, 0.3) is 5.56 Å². The topological polar surface area (TPSA) is 98.2 Å². The molecule has 0 aliphatic carbocycles. The second-order valence-corrected chi connectivity index (χ2v) is 2.57. The summed E-state index contributed by atoms with van der Waals surface area (Å²) in [7, 11) is 1.47. The second-order valence-electron chi connectivity index (χ2n) is 2.57. The molecule has 1 rings (SSSR count). The molecule has 0 spiro atoms. The van der Waals surface area contributed by atoms with E-state index in [1.807, 2.05) is 0 Å². The van der Waals surface area contributed by atoms with Crippen LogP contribution in [0.1, 0.15) is 5.69 Å². The van der Waals surface area contributed by atoms with E-state index in [2.05, 4.69) is 4.98 Å². The van der Waals surface area contributed by atoms with E-state index in [-0.39, 0.29) is 23.6 Å². The molecule has 0 saturated heterocycles. The van der Waals surface area contributed by atoms with E-state index in [4.69, 9.17) is 10.8 Å². The molecule has 1 heterocycles. The first kappa shape index (κ1) is 9.24. The van der Waals surface area contributed by atoms with Crippen molar-refractivity contribution in [3.05, 3.63) is 22.1 Å². The molecule has 6 nitrogen and oxygen atoms in total. The number of nitrogens with zero attached hydrogens (tertiary/aromatic N) is 2. The van der Waals surface area contributed by atoms with Crippen LogP contribution in [0.15, 0.2) is 10.9 Å². The van der Waals surface area contributed by atoms with Gasteiger partial charge in [-0.25, -0.2) is 4.98 Å². The fraction of sp³-hybridized carbons (Fsp3) is 0.286. The highest BCUT2D eigenvalue weighted by Crippen LogP contribution is 1.96. The highest BCUT2D eigenvalue weighted by Gasteiger charge is 2.05. The molecule has 0 amide bonds. The maximum absolute atomic E-state index is 11.1. The third-order valence-electron chi connectivity index (χ3n) is 1.55. The zero-order valence-corrected chi connectivity index (χ0v) is 7.02. The predicted molar refractivity (Wildman–Crippen MR) is 45.2 cm³/mol. The number of nitrogens with two attached hydrogens (primary N) is 1. The first-order valence-corrected chi connectivity index (χ1v) is 3.55. The van der Waals surface area contributed by atoms with Gasteiger partial charge in [0.2, 0.25) is 5.95 Å². The summed E-state index contributed by atoms with van der Waals surface area (Å²) in [6, 6.07) is 1.16. The van der Waals surface area contributed by atoms with Crippen LogP contribution in [0, 0.1) is 0 Å². The number of rotatable bonds is 2. The standard InChI is InChI=1S/C7H9N3O3/c1-10-5(11)2-4(3-6(12)13)9-7(10)8/h2H,3H2,1H3,(H2,8,9)(H,12,13). The van der Waals surface area contributed by atoms with Crippen molar-refractivity contribution < 1.29 is 9.90 Å². The summed E-state index contributed by atoms with van der Waals surface area (Å²) in [6.45, 7) is 0. The van der Waals surface area contributed by atoms with Gasteiger partial charge in [-0.3, -0.25) is 14.2 Å². The van der Waals surface area contributed by atoms with E-state index >= 15 is 0 Å². The van der Waals surface area contributed by atoms with E-state index in [0.29, 0.717) is 0 Å². The van der Waals surface area contributed by atoms with Gasteiger partial charge in [-0.15, -0.1) is 0 Å². The molecule has 0 unspecified atom stereocenters. The number of anilines is 1. The van der Waals surface area contributed by atoms with Gasteiger partial charge in [-0.1, -0.05) is 0 Å². The third kappa shape index (κ3) is 2.05. The van der Waals surface area contributed by atoms with Gasteiger partial charge in [0, 0.05) is 13.1 Å². The molecule has 1 aromatic rings. The van der Waals surface area contributed by atoms with Crippen molar-refractivity contribution in [3.63, 3.8) is 0 Å². The van der Waals surface area contributed by atoms with Crippen LogP contribution in [0.5, 0.6) is 0 Å². The average molecular weight is 183 g/mol. The number of nitrogen functional groups attached to an aromatic ring is 1. The molecule has 1 aromatic heterocycles. The highest BCUT2D eigenvalue weighted by atomic mass is 16.4. The van der Waals surface area contributed by atoms with Gasteiger partial charge < -0.3 is 10.8 Å². The number of hydrogen-bond donors (Lipinski definition) is 2. The van der Waals surface area contributed by atoms with Gasteiger partial charge in [0.05, 0.1) is 12.1 Å². The van der Waals surface area contributed by atoms with E-state index in [1.54, 1.807) is 0 Å². The lowest BCUT2D eigenvalue weighted by Gasteiger charge is -2.02. The number of hydrogen-bond acceptors (Lipinski definition) is 4. The minimum absolute atomic E-state index is 0.0174. The van der Waals surface area contributed by atoms with Crippen LogP contribution in [0.3, 0.4) is 0 Å². The largest absolute Gasteiger partial charge is 0.481 e. The molecule has 3 N–H and O–H groups in total. The van der Waals surface area contributed by atoms with Crippen LogP contribution in [0.4, 0.5) is 5.95 Å². The first-order valence-electron chi connectivity index (χ1n) is 3.55. The summed E-state index contributed by atoms with van der Waals surface area (Å²) in [5.41, 5.74) is 5.17. The number of carboxylic acids is 1. The molecule has 0 aromatic carbocycles. The minimum atomic E-state index is -1.04. The maximum atomic E-state index is 11.1. The molecule has 0 atom stereocenters. The lowest BCUT2D eigenvalue weighted by molar-refractivity contribution is -0.136. The lowest BCUT2D eigenvalue weighted by Crippen LogP contribution is -2.22. The van der Waals surface area contributed by atoms with Gasteiger partial charge in [-0.05, 0) is 0 Å². The van der Waals surface area contributed by atoms with Gasteiger partial charge in [0.1, 0.15) is 0 Å². The average Bonchev–Trinajstić information content (AvgIpc) is 1.98. The Bertz CT molecular complexity index is 396. The molecular weight excluding hydrogens is 174 g/mol. The minimum Gasteiger partial charge on any atom is -0.481 e. The fourth-order valence-corrected chi connectivity index (χ4v) is 0.852. The van der Waals surface area contributed by atoms with Crippen molar-refractivity contribution in [3.8, 4) is 0 Å². The van der Waals surface area contributed by atoms with Gasteiger partial charge >= 0.3 is 5.97 Å². The Hall–Kier alpha value is -1.85. The van der Waals surface area contributed by atoms with Crippen LogP contribution >= 0.6 is 0 Å². The van der Waals surface area contributed by atoms with Crippen molar-refractivity contribution in [2.24, 2.45) is 7.05 Å². The number of aromatic nitrogens is 2. The first-order chi connectivity index (χ1) is 6.00. The van der Waals surface area contributed by atoms with E-state index in [9.17, 15) is 9.59 Å². The van der Waals surface area contributed by atoms with Crippen LogP contribution in [0.25, 0.3) is 0 Å². The summed E-state index contributed by atoms with van der Waals surface area (Å²) in [4.78, 5) is 25.1. The van der Waals surface area contributed by atoms with Crippen LogP contribution in [-0.2, 0) is 18.3 Å². The number of carbonyl (C=O) groups is 1. The zero-order chi connectivity index (χ0) is 10.0. The Morgan fingerprint density at radius 1 is 1.77 bits per heavy atom. The van der Waals surface area contributed by atoms with Crippen molar-refractivity contribution in [2.45, 2.75) is 6.42 Å². The highest BCUT2D eigenvalue weighted by molar-refractivity contribution is 5.69. The molecule has 0 aliphatic rings. The maximum Gasteiger partial charge on any atom is 0.309 e. The SMILES string of the molecule is Cn1c(N)nc(CC(=O)O)cc1=O. The Balaban J connectivity index is 3.13. The lowest BCUT2D eigenvalue weighted by atomic mass is 10.3. The molecule has 0 aliphatic heterocycles. The number of carboxylic acid groups (broad SMARTS) is 1. The smallest absolute Gasteiger partial charge is 0.309 e. The second kappa shape index (κ2) is 3.26. The fourth-order valence-electron chi connectivity index (χ4n) is 0.852. The van der Waals surface area contributed by atoms with E-state index < -0.39 is 5.97 Å². The molecule has 0 radical (unpaired) electrons. The third-order valence-corrected chi connectivity index (χ3v) is 1.55. The van der Waals surface area contributed by atoms with Gasteiger partial charge in [0.15, 0.2) is 0 Å². The van der Waals surface area contributed by atoms with Crippen LogP contribution in [-0.4, -0.2) is 20.6 Å². The van der Waals surface area contributed by atoms with Gasteiger partial charge in [-0.2, -0.15) is 0 Å². The van der Waals surface area contributed by atoms with E-state index in [1.165, 1.54) is 7.05 Å². The van der Waals surface area contributed by atoms with Crippen molar-refractivity contribution in [1.82, 2.24) is 9.55 Å². The Morgan fingerprint density at radius 3 is 2.85 bits per heavy atom. The Morgan fingerprint density at radius 2 is 2.38 bits per heavy atom. The molecule has 6 heteroatoms. The van der Waals surface area contributed by atoms with Crippen molar-refractivity contribution in [1.29, 1.82) is 0 Å². The summed E-state index contributed by atoms with van der Waals surface area (Å²) >= 11 is 0. The quantitative estimate of drug-likeness (QED) is 0.612. The number of aliphatic carboxylic acids is 1. The summed E-state index contributed by atoms with van der Waals surface area (Å²) in [6.07, 6.45) is -0.291. The summed E-state index contributed by atoms with van der Waals surface area (Å²) < 4.78 is 1.14. The molecule has 0 fully saturated rings. The molecule has 0 bridgehead atoms. The molecule has 13 heavy (non-hydrogen) atoms. The van der Waals surface area contributed by atoms with Crippen molar-refractivity contribution >= 4 is 11.9 Å². The zero-order valence-electron chi connectivity index (χ0n) is 7.02. The van der Waals surface area contributed by atoms with Crippen molar-refractivity contribution in [2.75, 3.05) is 5.73 Å². The predicted octanol–water partition coefficient (Wildman–Crippen LogP) is -1.01.